The smallest absolute Gasteiger partial charge is 0.238 e. The average molecular weight is 200 g/mol. The first-order valence-electron chi connectivity index (χ1n) is 3.86. The van der Waals surface area contributed by atoms with Crippen LogP contribution in [0.25, 0.3) is 0 Å². The van der Waals surface area contributed by atoms with Gasteiger partial charge in [-0.15, -0.1) is 0 Å². The lowest BCUT2D eigenvalue weighted by Crippen LogP contribution is -2.19. The van der Waals surface area contributed by atoms with Gasteiger partial charge in [0, 0.05) is 0 Å². The summed E-state index contributed by atoms with van der Waals surface area (Å²) in [7, 11) is -1.25. The van der Waals surface area contributed by atoms with Crippen molar-refractivity contribution in [3.8, 4) is 0 Å². The Hall–Kier alpha value is -0.970. The summed E-state index contributed by atoms with van der Waals surface area (Å²) in [6, 6.07) is 0. The predicted octanol–water partition coefficient (Wildman–Crippen LogP) is 1.56. The van der Waals surface area contributed by atoms with Gasteiger partial charge in [-0.1, -0.05) is 0 Å². The molecule has 0 aliphatic carbocycles. The van der Waals surface area contributed by atoms with Gasteiger partial charge in [-0.2, -0.15) is 4.40 Å². The van der Waals surface area contributed by atoms with Crippen LogP contribution in [0.15, 0.2) is 21.3 Å². The van der Waals surface area contributed by atoms with Crippen molar-refractivity contribution in [2.45, 2.75) is 25.5 Å². The number of rotatable bonds is 2. The van der Waals surface area contributed by atoms with Crippen LogP contribution in [0.5, 0.6) is 0 Å². The van der Waals surface area contributed by atoms with E-state index in [1.807, 2.05) is 20.8 Å². The standard InChI is InChI=1S/C8H12N2O2S/c1-8(2,3)13(11)10-6-7-9-4-5-12-7/h4-6H,1-3H3. The fraction of sp³-hybridized carbons (Fsp3) is 0.500. The molecule has 1 atom stereocenters. The summed E-state index contributed by atoms with van der Waals surface area (Å²) >= 11 is 0. The third-order valence-electron chi connectivity index (χ3n) is 1.23. The second-order valence-electron chi connectivity index (χ2n) is 3.47. The van der Waals surface area contributed by atoms with Crippen LogP contribution in [0.4, 0.5) is 0 Å². The molecule has 1 aromatic heterocycles. The first-order valence-corrected chi connectivity index (χ1v) is 4.96. The Balaban J connectivity index is 2.65. The van der Waals surface area contributed by atoms with Crippen LogP contribution >= 0.6 is 0 Å². The summed E-state index contributed by atoms with van der Waals surface area (Å²) in [5.74, 6) is 0.373. The van der Waals surface area contributed by atoms with Crippen LogP contribution in [0.1, 0.15) is 26.7 Å². The number of hydrogen-bond donors (Lipinski definition) is 0. The van der Waals surface area contributed by atoms with Gasteiger partial charge in [0.05, 0.1) is 10.9 Å². The number of hydrogen-bond acceptors (Lipinski definition) is 3. The van der Waals surface area contributed by atoms with Crippen molar-refractivity contribution in [2.24, 2.45) is 4.40 Å². The molecule has 0 bridgehead atoms. The van der Waals surface area contributed by atoms with Gasteiger partial charge in [0.25, 0.3) is 0 Å². The Kier molecular flexibility index (Phi) is 2.98. The monoisotopic (exact) mass is 200 g/mol. The van der Waals surface area contributed by atoms with Crippen molar-refractivity contribution in [1.29, 1.82) is 0 Å². The number of aromatic nitrogens is 1. The maximum absolute atomic E-state index is 11.4. The topological polar surface area (TPSA) is 55.5 Å². The molecular weight excluding hydrogens is 188 g/mol. The van der Waals surface area contributed by atoms with Crippen LogP contribution in [0, 0.1) is 0 Å². The van der Waals surface area contributed by atoms with E-state index in [1.165, 1.54) is 18.7 Å². The molecule has 0 spiro atoms. The molecule has 1 aromatic rings. The summed E-state index contributed by atoms with van der Waals surface area (Å²) < 4.78 is 19.8. The third-order valence-corrected chi connectivity index (χ3v) is 2.58. The molecule has 1 rings (SSSR count). The normalized spacial score (nSPS) is 15.0. The summed E-state index contributed by atoms with van der Waals surface area (Å²) in [4.78, 5) is 3.82. The highest BCUT2D eigenvalue weighted by Gasteiger charge is 2.18. The van der Waals surface area contributed by atoms with E-state index in [9.17, 15) is 4.21 Å². The molecule has 0 aliphatic rings. The molecule has 0 saturated heterocycles. The van der Waals surface area contributed by atoms with Crippen molar-refractivity contribution < 1.29 is 8.63 Å². The zero-order valence-electron chi connectivity index (χ0n) is 7.85. The van der Waals surface area contributed by atoms with Crippen LogP contribution in [-0.4, -0.2) is 20.2 Å². The molecule has 1 unspecified atom stereocenters. The molecule has 5 heteroatoms. The van der Waals surface area contributed by atoms with E-state index >= 15 is 0 Å². The maximum atomic E-state index is 11.4. The SMILES string of the molecule is CC(C)(C)S(=O)N=Cc1ncco1. The van der Waals surface area contributed by atoms with Crippen LogP contribution < -0.4 is 0 Å². The van der Waals surface area contributed by atoms with Gasteiger partial charge in [-0.05, 0) is 20.8 Å². The zero-order valence-corrected chi connectivity index (χ0v) is 8.67. The summed E-state index contributed by atoms with van der Waals surface area (Å²) in [5.41, 5.74) is 0. The van der Waals surface area contributed by atoms with Gasteiger partial charge in [0.1, 0.15) is 23.5 Å². The minimum absolute atomic E-state index is 0.344. The van der Waals surface area contributed by atoms with Gasteiger partial charge in [0.15, 0.2) is 0 Å². The first kappa shape index (κ1) is 10.1. The van der Waals surface area contributed by atoms with Crippen molar-refractivity contribution in [3.63, 3.8) is 0 Å². The Labute approximate surface area is 79.7 Å². The molecule has 0 N–H and O–H groups in total. The Morgan fingerprint density at radius 2 is 2.31 bits per heavy atom. The van der Waals surface area contributed by atoms with Gasteiger partial charge in [0.2, 0.25) is 5.89 Å². The van der Waals surface area contributed by atoms with E-state index in [4.69, 9.17) is 4.42 Å². The zero-order chi connectivity index (χ0) is 9.90. The Morgan fingerprint density at radius 3 is 2.77 bits per heavy atom. The second-order valence-corrected chi connectivity index (χ2v) is 5.40. The van der Waals surface area contributed by atoms with Gasteiger partial charge >= 0.3 is 0 Å². The second kappa shape index (κ2) is 3.83. The minimum Gasteiger partial charge on any atom is -0.444 e. The fourth-order valence-corrected chi connectivity index (χ4v) is 1.05. The molecule has 0 aromatic carbocycles. The summed E-state index contributed by atoms with van der Waals surface area (Å²) in [5, 5.41) is 0. The van der Waals surface area contributed by atoms with E-state index in [-0.39, 0.29) is 4.75 Å². The van der Waals surface area contributed by atoms with E-state index in [0.717, 1.165) is 0 Å². The van der Waals surface area contributed by atoms with Crippen molar-refractivity contribution in [2.75, 3.05) is 0 Å². The number of oxazole rings is 1. The Bertz CT molecular complexity index is 311. The fourth-order valence-electron chi connectivity index (χ4n) is 0.549. The highest BCUT2D eigenvalue weighted by atomic mass is 32.2. The largest absolute Gasteiger partial charge is 0.444 e. The highest BCUT2D eigenvalue weighted by molar-refractivity contribution is 7.85. The van der Waals surface area contributed by atoms with Gasteiger partial charge in [-0.3, -0.25) is 0 Å². The van der Waals surface area contributed by atoms with E-state index in [1.54, 1.807) is 0 Å². The van der Waals surface area contributed by atoms with Crippen molar-refractivity contribution >= 4 is 17.2 Å². The molecule has 0 aliphatic heterocycles. The number of nitrogens with zero attached hydrogens (tertiary/aromatic N) is 2. The lowest BCUT2D eigenvalue weighted by molar-refractivity contribution is 0.550. The molecular formula is C8H12N2O2S. The molecule has 0 amide bonds. The maximum Gasteiger partial charge on any atom is 0.238 e. The van der Waals surface area contributed by atoms with E-state index in [0.29, 0.717) is 5.89 Å². The third kappa shape index (κ3) is 3.10. The van der Waals surface area contributed by atoms with E-state index in [2.05, 4.69) is 9.38 Å². The molecule has 72 valence electrons. The van der Waals surface area contributed by atoms with Crippen LogP contribution in [0.2, 0.25) is 0 Å². The molecule has 0 fully saturated rings. The molecule has 1 heterocycles. The summed E-state index contributed by atoms with van der Waals surface area (Å²) in [6.45, 7) is 5.57. The minimum atomic E-state index is -1.25. The molecule has 0 radical (unpaired) electrons. The molecule has 0 saturated carbocycles. The first-order chi connectivity index (χ1) is 6.00. The lowest BCUT2D eigenvalue weighted by Gasteiger charge is -2.12. The quantitative estimate of drug-likeness (QED) is 0.681. The van der Waals surface area contributed by atoms with Crippen LogP contribution in [0.3, 0.4) is 0 Å². The van der Waals surface area contributed by atoms with Gasteiger partial charge in [-0.25, -0.2) is 9.19 Å². The predicted molar refractivity (Wildman–Crippen MR) is 52.0 cm³/mol. The highest BCUT2D eigenvalue weighted by Crippen LogP contribution is 2.11. The van der Waals surface area contributed by atoms with E-state index < -0.39 is 11.0 Å². The van der Waals surface area contributed by atoms with Crippen molar-refractivity contribution in [3.05, 3.63) is 18.4 Å². The molecule has 13 heavy (non-hydrogen) atoms. The lowest BCUT2D eigenvalue weighted by atomic mass is 10.3. The van der Waals surface area contributed by atoms with Gasteiger partial charge < -0.3 is 4.42 Å². The molecule has 4 nitrogen and oxygen atoms in total. The summed E-state index contributed by atoms with van der Waals surface area (Å²) in [6.07, 6.45) is 4.34. The van der Waals surface area contributed by atoms with Crippen molar-refractivity contribution in [1.82, 2.24) is 4.98 Å². The average Bonchev–Trinajstić information content (AvgIpc) is 2.50. The Morgan fingerprint density at radius 1 is 1.62 bits per heavy atom. The van der Waals surface area contributed by atoms with Crippen LogP contribution in [-0.2, 0) is 11.0 Å².